The summed E-state index contributed by atoms with van der Waals surface area (Å²) in [6, 6.07) is 9.99. The predicted octanol–water partition coefficient (Wildman–Crippen LogP) is 8.90. The van der Waals surface area contributed by atoms with Crippen LogP contribution in [0.4, 0.5) is 35.1 Å². The van der Waals surface area contributed by atoms with Crippen molar-refractivity contribution in [2.24, 2.45) is 0 Å². The van der Waals surface area contributed by atoms with E-state index < -0.39 is 52.3 Å². The van der Waals surface area contributed by atoms with Crippen molar-refractivity contribution in [1.29, 1.82) is 0 Å². The second-order valence-corrected chi connectivity index (χ2v) is 9.35. The number of aromatic nitrogens is 1. The van der Waals surface area contributed by atoms with Crippen LogP contribution in [-0.4, -0.2) is 4.98 Å². The molecule has 5 rings (SSSR count). The lowest BCUT2D eigenvalue weighted by molar-refractivity contribution is -0.189. The largest absolute Gasteiger partial charge is 0.432 e. The van der Waals surface area contributed by atoms with Crippen molar-refractivity contribution < 1.29 is 39.9 Å². The Hall–Kier alpha value is -3.99. The minimum absolute atomic E-state index is 0.0673. The summed E-state index contributed by atoms with van der Waals surface area (Å²) in [5.41, 5.74) is -1.39. The molecule has 0 aliphatic heterocycles. The van der Waals surface area contributed by atoms with E-state index in [9.17, 15) is 35.1 Å². The van der Waals surface area contributed by atoms with Gasteiger partial charge in [-0.3, -0.25) is 0 Å². The van der Waals surface area contributed by atoms with Crippen molar-refractivity contribution in [1.82, 2.24) is 4.98 Å². The molecule has 0 saturated carbocycles. The average molecular weight is 551 g/mol. The van der Waals surface area contributed by atoms with Crippen LogP contribution in [0.2, 0.25) is 0 Å². The Morgan fingerprint density at radius 2 is 1.34 bits per heavy atom. The van der Waals surface area contributed by atoms with Crippen molar-refractivity contribution in [3.8, 4) is 27.4 Å². The van der Waals surface area contributed by atoms with Gasteiger partial charge in [0.2, 0.25) is 0 Å². The third kappa shape index (κ3) is 4.69. The lowest BCUT2D eigenvalue weighted by atomic mass is 10.0. The second kappa shape index (κ2) is 9.39. The number of hydrogen-bond donors (Lipinski definition) is 0. The molecule has 11 heteroatoms. The van der Waals surface area contributed by atoms with Gasteiger partial charge in [-0.25, -0.2) is 31.3 Å². The summed E-state index contributed by atoms with van der Waals surface area (Å²) in [4.78, 5) is 4.14. The molecule has 4 aromatic carbocycles. The van der Waals surface area contributed by atoms with Crippen LogP contribution in [0, 0.1) is 41.8 Å². The van der Waals surface area contributed by atoms with E-state index >= 15 is 0 Å². The maximum Gasteiger partial charge on any atom is 0.432 e. The van der Waals surface area contributed by atoms with Gasteiger partial charge in [0, 0.05) is 11.1 Å². The normalized spacial score (nSPS) is 11.8. The molecule has 0 radical (unpaired) electrons. The molecule has 0 spiro atoms. The van der Waals surface area contributed by atoms with Gasteiger partial charge in [-0.15, -0.1) is 11.3 Å². The van der Waals surface area contributed by atoms with Gasteiger partial charge in [-0.2, -0.15) is 8.78 Å². The summed E-state index contributed by atoms with van der Waals surface area (Å²) in [6.07, 6.45) is -4.47. The maximum absolute atomic E-state index is 14.9. The SMILES string of the molecule is Cc1ccc(-c2cc(F)c(C(F)(F)Oc3ccc4nc(-c5cc(F)c(F)c(F)c5)sc4c3)c(F)c2)c(F)c1. The van der Waals surface area contributed by atoms with E-state index in [1.165, 1.54) is 18.2 Å². The summed E-state index contributed by atoms with van der Waals surface area (Å²) in [6.45, 7) is 1.61. The number of nitrogens with zero attached hydrogens (tertiary/aromatic N) is 1. The fourth-order valence-corrected chi connectivity index (χ4v) is 4.81. The molecule has 0 aliphatic rings. The highest BCUT2D eigenvalue weighted by atomic mass is 32.1. The Morgan fingerprint density at radius 3 is 1.97 bits per heavy atom. The number of benzene rings is 4. The number of fused-ring (bicyclic) bond motifs is 1. The van der Waals surface area contributed by atoms with Crippen molar-refractivity contribution >= 4 is 21.6 Å². The van der Waals surface area contributed by atoms with Crippen molar-refractivity contribution in [2.45, 2.75) is 13.0 Å². The Balaban J connectivity index is 1.46. The highest BCUT2D eigenvalue weighted by Gasteiger charge is 2.41. The third-order valence-electron chi connectivity index (χ3n) is 5.61. The molecular formula is C27H13F8NOS. The first kappa shape index (κ1) is 25.7. The quantitative estimate of drug-likeness (QED) is 0.161. The Labute approximate surface area is 213 Å². The third-order valence-corrected chi connectivity index (χ3v) is 6.67. The van der Waals surface area contributed by atoms with E-state index in [0.717, 1.165) is 41.7 Å². The van der Waals surface area contributed by atoms with Crippen LogP contribution in [-0.2, 0) is 6.11 Å². The van der Waals surface area contributed by atoms with E-state index in [1.807, 2.05) is 0 Å². The van der Waals surface area contributed by atoms with Crippen LogP contribution in [0.3, 0.4) is 0 Å². The Kier molecular flexibility index (Phi) is 6.34. The van der Waals surface area contributed by atoms with Crippen LogP contribution in [0.1, 0.15) is 11.1 Å². The summed E-state index contributed by atoms with van der Waals surface area (Å²) in [7, 11) is 0. The standard InChI is InChI=1S/C27H13F8NOS/c1-12-2-4-16(17(28)6-12)13-7-18(29)24(19(30)8-13)27(34,35)37-15-3-5-22-23(11-15)38-26(36-22)14-9-20(31)25(33)21(32)10-14/h2-11H,1H3. The van der Waals surface area contributed by atoms with Crippen molar-refractivity contribution in [2.75, 3.05) is 0 Å². The number of ether oxygens (including phenoxy) is 1. The number of rotatable bonds is 5. The van der Waals surface area contributed by atoms with Crippen LogP contribution in [0.15, 0.2) is 60.7 Å². The zero-order valence-corrected chi connectivity index (χ0v) is 19.9. The topological polar surface area (TPSA) is 22.1 Å². The first-order valence-electron chi connectivity index (χ1n) is 10.8. The molecule has 0 aliphatic carbocycles. The Bertz CT molecular complexity index is 1670. The van der Waals surface area contributed by atoms with E-state index in [1.54, 1.807) is 6.92 Å². The van der Waals surface area contributed by atoms with Crippen LogP contribution in [0.25, 0.3) is 31.9 Å². The van der Waals surface area contributed by atoms with Crippen LogP contribution < -0.4 is 4.74 Å². The smallest absolute Gasteiger partial charge is 0.429 e. The molecule has 0 bridgehead atoms. The molecule has 0 saturated heterocycles. The minimum Gasteiger partial charge on any atom is -0.429 e. The van der Waals surface area contributed by atoms with Crippen molar-refractivity contribution in [3.63, 3.8) is 0 Å². The first-order chi connectivity index (χ1) is 17.9. The summed E-state index contributed by atoms with van der Waals surface area (Å²) < 4.78 is 119. The van der Waals surface area contributed by atoms with Gasteiger partial charge >= 0.3 is 6.11 Å². The molecule has 0 unspecified atom stereocenters. The molecule has 0 atom stereocenters. The fraction of sp³-hybridized carbons (Fsp3) is 0.0741. The van der Waals surface area contributed by atoms with Gasteiger partial charge in [-0.1, -0.05) is 12.1 Å². The number of alkyl halides is 2. The first-order valence-corrected chi connectivity index (χ1v) is 11.6. The van der Waals surface area contributed by atoms with Gasteiger partial charge in [0.15, 0.2) is 17.5 Å². The summed E-state index contributed by atoms with van der Waals surface area (Å²) >= 11 is 0.842. The van der Waals surface area contributed by atoms with Gasteiger partial charge in [0.05, 0.1) is 10.2 Å². The highest BCUT2D eigenvalue weighted by molar-refractivity contribution is 7.21. The van der Waals surface area contributed by atoms with Crippen LogP contribution in [0.5, 0.6) is 5.75 Å². The number of thiazole rings is 1. The van der Waals surface area contributed by atoms with Crippen LogP contribution >= 0.6 is 11.3 Å². The zero-order valence-electron chi connectivity index (χ0n) is 19.1. The average Bonchev–Trinajstić information content (AvgIpc) is 3.24. The lowest BCUT2D eigenvalue weighted by Gasteiger charge is -2.20. The monoisotopic (exact) mass is 551 g/mol. The lowest BCUT2D eigenvalue weighted by Crippen LogP contribution is -2.25. The molecule has 0 amide bonds. The Morgan fingerprint density at radius 1 is 0.711 bits per heavy atom. The molecule has 38 heavy (non-hydrogen) atoms. The molecule has 1 heterocycles. The molecular weight excluding hydrogens is 538 g/mol. The number of halogens is 8. The minimum atomic E-state index is -4.47. The van der Waals surface area contributed by atoms with E-state index in [2.05, 4.69) is 9.72 Å². The molecule has 2 nitrogen and oxygen atoms in total. The molecule has 194 valence electrons. The van der Waals surface area contributed by atoms with Crippen molar-refractivity contribution in [3.05, 3.63) is 107 Å². The summed E-state index contributed by atoms with van der Waals surface area (Å²) in [5.74, 6) is -9.06. The van der Waals surface area contributed by atoms with E-state index in [-0.39, 0.29) is 31.9 Å². The maximum atomic E-state index is 14.9. The van der Waals surface area contributed by atoms with Gasteiger partial charge in [-0.05, 0) is 66.6 Å². The summed E-state index contributed by atoms with van der Waals surface area (Å²) in [5, 5.41) is 0.0673. The highest BCUT2D eigenvalue weighted by Crippen LogP contribution is 2.39. The molecule has 0 fully saturated rings. The van der Waals surface area contributed by atoms with Gasteiger partial charge in [0.25, 0.3) is 0 Å². The molecule has 0 N–H and O–H groups in total. The zero-order chi connectivity index (χ0) is 27.4. The molecule has 5 aromatic rings. The molecule has 1 aromatic heterocycles. The van der Waals surface area contributed by atoms with E-state index in [4.69, 9.17) is 0 Å². The fourth-order valence-electron chi connectivity index (χ4n) is 3.83. The van der Waals surface area contributed by atoms with Gasteiger partial charge in [0.1, 0.15) is 33.8 Å². The second-order valence-electron chi connectivity index (χ2n) is 8.32. The predicted molar refractivity (Wildman–Crippen MR) is 126 cm³/mol. The number of aryl methyl sites for hydroxylation is 1. The van der Waals surface area contributed by atoms with Gasteiger partial charge < -0.3 is 4.74 Å². The number of hydrogen-bond acceptors (Lipinski definition) is 3. The van der Waals surface area contributed by atoms with E-state index in [0.29, 0.717) is 17.7 Å².